The number of aliphatic imine (C=N–C) groups is 1. The molecule has 7 nitrogen and oxygen atoms in total. The fraction of sp³-hybridized carbons (Fsp3) is 0.217. The maximum absolute atomic E-state index is 13.0. The van der Waals surface area contributed by atoms with E-state index in [-0.39, 0.29) is 28.6 Å². The highest BCUT2D eigenvalue weighted by atomic mass is 32.2. The summed E-state index contributed by atoms with van der Waals surface area (Å²) in [5.74, 6) is -0.398. The highest BCUT2D eigenvalue weighted by molar-refractivity contribution is 8.27. The van der Waals surface area contributed by atoms with E-state index in [1.165, 1.54) is 6.08 Å². The molecule has 34 heavy (non-hydrogen) atoms. The highest BCUT2D eigenvalue weighted by Gasteiger charge is 2.46. The van der Waals surface area contributed by atoms with Gasteiger partial charge in [-0.2, -0.15) is 28.3 Å². The molecule has 1 atom stereocenters. The molecule has 0 unspecified atom stereocenters. The van der Waals surface area contributed by atoms with Crippen LogP contribution in [0.3, 0.4) is 0 Å². The van der Waals surface area contributed by atoms with Crippen LogP contribution in [0, 0.1) is 5.41 Å². The first kappa shape index (κ1) is 23.6. The first-order chi connectivity index (χ1) is 16.2. The minimum absolute atomic E-state index is 0.190. The molecule has 0 saturated carbocycles. The lowest BCUT2D eigenvalue weighted by Gasteiger charge is -2.20. The molecule has 0 saturated heterocycles. The Balaban J connectivity index is 1.61. The van der Waals surface area contributed by atoms with E-state index in [4.69, 9.17) is 14.9 Å². The van der Waals surface area contributed by atoms with Gasteiger partial charge >= 0.3 is 6.18 Å². The maximum atomic E-state index is 13.0. The van der Waals surface area contributed by atoms with Crippen molar-refractivity contribution in [3.63, 3.8) is 0 Å². The Kier molecular flexibility index (Phi) is 6.47. The van der Waals surface area contributed by atoms with E-state index in [1.54, 1.807) is 18.2 Å². The second kappa shape index (κ2) is 9.34. The van der Waals surface area contributed by atoms with Gasteiger partial charge in [-0.05, 0) is 54.9 Å². The van der Waals surface area contributed by atoms with Gasteiger partial charge in [0.25, 0.3) is 5.91 Å². The van der Waals surface area contributed by atoms with Crippen molar-refractivity contribution in [1.29, 1.82) is 5.41 Å². The number of hydrogen-bond donors (Lipinski definition) is 1. The minimum atomic E-state index is -4.70. The summed E-state index contributed by atoms with van der Waals surface area (Å²) < 4.78 is 50.7. The van der Waals surface area contributed by atoms with E-state index >= 15 is 0 Å². The van der Waals surface area contributed by atoms with Crippen molar-refractivity contribution in [2.75, 3.05) is 6.61 Å². The molecule has 0 bridgehead atoms. The summed E-state index contributed by atoms with van der Waals surface area (Å²) in [6, 6.07) is 14.6. The molecule has 4 rings (SSSR count). The fourth-order valence-electron chi connectivity index (χ4n) is 3.24. The average molecular weight is 488 g/mol. The number of hydrazone groups is 1. The highest BCUT2D eigenvalue weighted by Crippen LogP contribution is 2.36. The Morgan fingerprint density at radius 3 is 2.59 bits per heavy atom. The Hall–Kier alpha value is -3.60. The second-order valence-electron chi connectivity index (χ2n) is 7.23. The van der Waals surface area contributed by atoms with Crippen LogP contribution in [-0.2, 0) is 4.79 Å². The second-order valence-corrected chi connectivity index (χ2v) is 8.19. The van der Waals surface area contributed by atoms with Crippen LogP contribution in [0.2, 0.25) is 0 Å². The van der Waals surface area contributed by atoms with E-state index in [1.807, 2.05) is 44.2 Å². The average Bonchev–Trinajstić information content (AvgIpc) is 3.24. The van der Waals surface area contributed by atoms with Crippen LogP contribution < -0.4 is 9.47 Å². The zero-order valence-electron chi connectivity index (χ0n) is 18.1. The number of carbonyl (C=O) groups is 1. The van der Waals surface area contributed by atoms with Gasteiger partial charge in [0.05, 0.1) is 12.2 Å². The molecule has 2 aliphatic rings. The predicted octanol–water partition coefficient (Wildman–Crippen LogP) is 5.41. The van der Waals surface area contributed by atoms with E-state index in [0.29, 0.717) is 28.7 Å². The zero-order chi connectivity index (χ0) is 24.5. The number of thioether (sulfide) groups is 1. The van der Waals surface area contributed by atoms with Crippen molar-refractivity contribution in [2.24, 2.45) is 10.1 Å². The Morgan fingerprint density at radius 1 is 1.18 bits per heavy atom. The molecule has 0 fully saturated rings. The summed E-state index contributed by atoms with van der Waals surface area (Å²) in [6.07, 6.45) is -3.58. The van der Waals surface area contributed by atoms with Crippen molar-refractivity contribution >= 4 is 39.8 Å². The van der Waals surface area contributed by atoms with Crippen molar-refractivity contribution in [3.8, 4) is 11.5 Å². The molecule has 2 aromatic rings. The van der Waals surface area contributed by atoms with E-state index in [0.717, 1.165) is 5.56 Å². The third-order valence-corrected chi connectivity index (χ3v) is 5.80. The SMILES string of the molecule is CCOc1cc(/C=C2\C(=N)N3N=C(C(F)(F)F)SC3=NC2=O)ccc1O[C@@H](C)c1ccccc1. The van der Waals surface area contributed by atoms with Crippen LogP contribution in [0.25, 0.3) is 6.08 Å². The van der Waals surface area contributed by atoms with Crippen LogP contribution in [0.5, 0.6) is 11.5 Å². The van der Waals surface area contributed by atoms with Crippen molar-refractivity contribution < 1.29 is 27.4 Å². The van der Waals surface area contributed by atoms with Crippen LogP contribution in [0.1, 0.15) is 31.1 Å². The number of alkyl halides is 3. The van der Waals surface area contributed by atoms with Gasteiger partial charge in [0, 0.05) is 0 Å². The largest absolute Gasteiger partial charge is 0.490 e. The molecule has 1 N–H and O–H groups in total. The van der Waals surface area contributed by atoms with Crippen molar-refractivity contribution in [1.82, 2.24) is 5.01 Å². The zero-order valence-corrected chi connectivity index (χ0v) is 18.9. The lowest BCUT2D eigenvalue weighted by Crippen LogP contribution is -2.35. The van der Waals surface area contributed by atoms with Gasteiger partial charge < -0.3 is 9.47 Å². The predicted molar refractivity (Wildman–Crippen MR) is 124 cm³/mol. The summed E-state index contributed by atoms with van der Waals surface area (Å²) in [5, 5.41) is 10.9. The molecular formula is C23H19F3N4O3S. The topological polar surface area (TPSA) is 87.3 Å². The number of nitrogens with one attached hydrogen (secondary N) is 1. The number of nitrogens with zero attached hydrogens (tertiary/aromatic N) is 3. The number of fused-ring (bicyclic) bond motifs is 1. The smallest absolute Gasteiger partial charge is 0.441 e. The van der Waals surface area contributed by atoms with Crippen LogP contribution in [0.15, 0.2) is 64.2 Å². The molecule has 1 amide bonds. The van der Waals surface area contributed by atoms with Gasteiger partial charge in [0.2, 0.25) is 10.2 Å². The summed E-state index contributed by atoms with van der Waals surface area (Å²) in [6.45, 7) is 4.08. The van der Waals surface area contributed by atoms with E-state index < -0.39 is 23.0 Å². The van der Waals surface area contributed by atoms with Gasteiger partial charge in [0.15, 0.2) is 17.3 Å². The normalized spacial score (nSPS) is 17.9. The number of amides is 1. The first-order valence-corrected chi connectivity index (χ1v) is 11.0. The Labute approximate surface area is 197 Å². The van der Waals surface area contributed by atoms with Crippen molar-refractivity contribution in [2.45, 2.75) is 26.1 Å². The number of amidine groups is 2. The van der Waals surface area contributed by atoms with Crippen LogP contribution in [-0.4, -0.2) is 39.7 Å². The molecular weight excluding hydrogens is 469 g/mol. The first-order valence-electron chi connectivity index (χ1n) is 10.2. The van der Waals surface area contributed by atoms with Gasteiger partial charge in [0.1, 0.15) is 6.10 Å². The van der Waals surface area contributed by atoms with Gasteiger partial charge in [-0.3, -0.25) is 10.2 Å². The Bertz CT molecular complexity index is 1230. The quantitative estimate of drug-likeness (QED) is 0.550. The number of ether oxygens (including phenoxy) is 2. The molecule has 0 radical (unpaired) electrons. The summed E-state index contributed by atoms with van der Waals surface area (Å²) in [4.78, 5) is 16.1. The number of halogens is 3. The minimum Gasteiger partial charge on any atom is -0.490 e. The summed E-state index contributed by atoms with van der Waals surface area (Å²) in [7, 11) is 0. The Morgan fingerprint density at radius 2 is 1.91 bits per heavy atom. The van der Waals surface area contributed by atoms with Crippen LogP contribution >= 0.6 is 11.8 Å². The molecule has 2 aliphatic heterocycles. The monoisotopic (exact) mass is 488 g/mol. The molecule has 2 heterocycles. The molecule has 2 aromatic carbocycles. The third-order valence-electron chi connectivity index (χ3n) is 4.85. The summed E-state index contributed by atoms with van der Waals surface area (Å²) >= 11 is 0.208. The number of benzene rings is 2. The lowest BCUT2D eigenvalue weighted by molar-refractivity contribution is -0.114. The molecule has 0 spiro atoms. The van der Waals surface area contributed by atoms with E-state index in [2.05, 4.69) is 10.1 Å². The molecule has 0 aliphatic carbocycles. The number of carbonyl (C=O) groups excluding carboxylic acids is 1. The van der Waals surface area contributed by atoms with Crippen molar-refractivity contribution in [3.05, 3.63) is 65.2 Å². The molecule has 176 valence electrons. The van der Waals surface area contributed by atoms with Gasteiger partial charge in [-0.25, -0.2) is 0 Å². The number of rotatable bonds is 6. The number of hydrogen-bond acceptors (Lipinski definition) is 6. The molecule has 0 aromatic heterocycles. The third kappa shape index (κ3) is 4.84. The standard InChI is InChI=1S/C23H19F3N4O3S/c1-3-32-18-12-14(9-10-17(18)33-13(2)15-7-5-4-6-8-15)11-16-19(27)30-22(28-20(16)31)34-21(29-30)23(24,25)26/h4-13,27H,3H2,1-2H3/b16-11+,27-19?/t13-/m0/s1. The maximum Gasteiger partial charge on any atom is 0.441 e. The lowest BCUT2D eigenvalue weighted by atomic mass is 10.1. The van der Waals surface area contributed by atoms with E-state index in [9.17, 15) is 18.0 Å². The van der Waals surface area contributed by atoms with Crippen LogP contribution in [0.4, 0.5) is 13.2 Å². The fourth-order valence-corrected chi connectivity index (χ4v) is 3.99. The molecule has 11 heteroatoms. The van der Waals surface area contributed by atoms with Gasteiger partial charge in [-0.15, -0.1) is 0 Å². The summed E-state index contributed by atoms with van der Waals surface area (Å²) in [5.41, 5.74) is 1.28. The van der Waals surface area contributed by atoms with Gasteiger partial charge in [-0.1, -0.05) is 36.4 Å².